The maximum absolute atomic E-state index is 13.1. The fourth-order valence-electron chi connectivity index (χ4n) is 3.04. The van der Waals surface area contributed by atoms with Crippen molar-refractivity contribution in [1.29, 1.82) is 0 Å². The van der Waals surface area contributed by atoms with E-state index in [1.807, 2.05) is 25.1 Å². The van der Waals surface area contributed by atoms with Gasteiger partial charge in [0.2, 0.25) is 0 Å². The normalized spacial score (nSPS) is 10.9. The van der Waals surface area contributed by atoms with Gasteiger partial charge in [0.05, 0.1) is 4.90 Å². The lowest BCUT2D eigenvalue weighted by Gasteiger charge is -2.13. The fraction of sp³-hybridized carbons (Fsp3) is 0.0400. The molecular weight excluding hydrogens is 450 g/mol. The third kappa shape index (κ3) is 6.03. The summed E-state index contributed by atoms with van der Waals surface area (Å²) >= 11 is 4.51. The zero-order chi connectivity index (χ0) is 23.3. The van der Waals surface area contributed by atoms with Crippen LogP contribution in [0.2, 0.25) is 0 Å². The molecule has 32 heavy (non-hydrogen) atoms. The van der Waals surface area contributed by atoms with E-state index >= 15 is 0 Å². The SMILES string of the molecule is Cc1ccc(S(=O)(=O)O)cc1.Fc1ccc(-c2cccc(S)c2-c2ccc(F)cc2)cc1. The molecule has 0 bridgehead atoms. The minimum atomic E-state index is -4.02. The summed E-state index contributed by atoms with van der Waals surface area (Å²) in [6.07, 6.45) is 0. The Morgan fingerprint density at radius 3 is 1.72 bits per heavy atom. The number of rotatable bonds is 3. The van der Waals surface area contributed by atoms with E-state index in [0.29, 0.717) is 0 Å². The topological polar surface area (TPSA) is 54.4 Å². The average molecular weight is 471 g/mol. The largest absolute Gasteiger partial charge is 0.294 e. The Morgan fingerprint density at radius 2 is 1.22 bits per heavy atom. The molecule has 0 saturated heterocycles. The highest BCUT2D eigenvalue weighted by Crippen LogP contribution is 2.36. The van der Waals surface area contributed by atoms with Gasteiger partial charge in [-0.15, -0.1) is 12.6 Å². The molecule has 0 atom stereocenters. The van der Waals surface area contributed by atoms with E-state index in [1.54, 1.807) is 36.4 Å². The molecule has 4 aromatic carbocycles. The van der Waals surface area contributed by atoms with Gasteiger partial charge in [-0.3, -0.25) is 4.55 Å². The van der Waals surface area contributed by atoms with Crippen molar-refractivity contribution in [2.75, 3.05) is 0 Å². The smallest absolute Gasteiger partial charge is 0.282 e. The maximum atomic E-state index is 13.1. The van der Waals surface area contributed by atoms with Gasteiger partial charge in [0.1, 0.15) is 11.6 Å². The van der Waals surface area contributed by atoms with Crippen molar-refractivity contribution < 1.29 is 21.8 Å². The molecule has 0 fully saturated rings. The van der Waals surface area contributed by atoms with E-state index in [-0.39, 0.29) is 16.5 Å². The van der Waals surface area contributed by atoms with Gasteiger partial charge < -0.3 is 0 Å². The van der Waals surface area contributed by atoms with Crippen LogP contribution in [0.4, 0.5) is 8.78 Å². The van der Waals surface area contributed by atoms with E-state index in [0.717, 1.165) is 32.7 Å². The number of thiol groups is 1. The number of benzene rings is 4. The molecule has 0 unspecified atom stereocenters. The van der Waals surface area contributed by atoms with Crippen molar-refractivity contribution in [3.63, 3.8) is 0 Å². The molecule has 7 heteroatoms. The van der Waals surface area contributed by atoms with Crippen LogP contribution in [0.3, 0.4) is 0 Å². The number of hydrogen-bond acceptors (Lipinski definition) is 3. The van der Waals surface area contributed by atoms with Crippen LogP contribution < -0.4 is 0 Å². The first-order valence-corrected chi connectivity index (χ1v) is 11.4. The zero-order valence-corrected chi connectivity index (χ0v) is 18.7. The van der Waals surface area contributed by atoms with Crippen LogP contribution in [-0.2, 0) is 10.1 Å². The van der Waals surface area contributed by atoms with E-state index in [9.17, 15) is 17.2 Å². The molecule has 0 spiro atoms. The van der Waals surface area contributed by atoms with Gasteiger partial charge in [-0.05, 0) is 66.1 Å². The molecule has 164 valence electrons. The zero-order valence-electron chi connectivity index (χ0n) is 17.0. The van der Waals surface area contributed by atoms with Crippen LogP contribution in [0.5, 0.6) is 0 Å². The molecule has 1 N–H and O–H groups in total. The van der Waals surface area contributed by atoms with Gasteiger partial charge in [-0.1, -0.05) is 54.1 Å². The average Bonchev–Trinajstić information content (AvgIpc) is 2.75. The molecule has 3 nitrogen and oxygen atoms in total. The van der Waals surface area contributed by atoms with Gasteiger partial charge >= 0.3 is 0 Å². The summed E-state index contributed by atoms with van der Waals surface area (Å²) in [6.45, 7) is 1.84. The van der Waals surface area contributed by atoms with Crippen molar-refractivity contribution >= 4 is 22.7 Å². The molecule has 0 radical (unpaired) electrons. The van der Waals surface area contributed by atoms with E-state index in [4.69, 9.17) is 4.55 Å². The summed E-state index contributed by atoms with van der Waals surface area (Å²) in [5, 5.41) is 0. The van der Waals surface area contributed by atoms with Crippen LogP contribution in [0.1, 0.15) is 5.56 Å². The number of halogens is 2. The maximum Gasteiger partial charge on any atom is 0.294 e. The first-order valence-electron chi connectivity index (χ1n) is 9.53. The fourth-order valence-corrected chi connectivity index (χ4v) is 3.86. The predicted octanol–water partition coefficient (Wildman–Crippen LogP) is 6.83. The van der Waals surface area contributed by atoms with Crippen LogP contribution >= 0.6 is 12.6 Å². The summed E-state index contributed by atoms with van der Waals surface area (Å²) < 4.78 is 55.8. The van der Waals surface area contributed by atoms with Crippen molar-refractivity contribution in [3.05, 3.63) is 108 Å². The van der Waals surface area contributed by atoms with Gasteiger partial charge in [-0.2, -0.15) is 8.42 Å². The molecule has 0 heterocycles. The molecule has 0 aliphatic rings. The van der Waals surface area contributed by atoms with Crippen LogP contribution in [0.15, 0.2) is 101 Å². The van der Waals surface area contributed by atoms with E-state index < -0.39 is 10.1 Å². The third-order valence-electron chi connectivity index (χ3n) is 4.65. The third-order valence-corrected chi connectivity index (χ3v) is 5.89. The highest BCUT2D eigenvalue weighted by atomic mass is 32.2. The molecular formula is C25H20F2O3S2. The van der Waals surface area contributed by atoms with Crippen LogP contribution in [0, 0.1) is 18.6 Å². The highest BCUT2D eigenvalue weighted by Gasteiger charge is 2.11. The summed E-state index contributed by atoms with van der Waals surface area (Å²) in [5.41, 5.74) is 4.58. The second kappa shape index (κ2) is 10.1. The first kappa shape index (κ1) is 23.7. The second-order valence-electron chi connectivity index (χ2n) is 7.00. The number of hydrogen-bond donors (Lipinski definition) is 2. The predicted molar refractivity (Wildman–Crippen MR) is 125 cm³/mol. The van der Waals surface area contributed by atoms with Crippen molar-refractivity contribution in [2.24, 2.45) is 0 Å². The monoisotopic (exact) mass is 470 g/mol. The molecule has 0 amide bonds. The summed E-state index contributed by atoms with van der Waals surface area (Å²) in [7, 11) is -4.02. The van der Waals surface area contributed by atoms with Gasteiger partial charge in [0.25, 0.3) is 10.1 Å². The van der Waals surface area contributed by atoms with Crippen molar-refractivity contribution in [2.45, 2.75) is 16.7 Å². The Labute approximate surface area is 191 Å². The summed E-state index contributed by atoms with van der Waals surface area (Å²) in [5.74, 6) is -0.553. The van der Waals surface area contributed by atoms with E-state index in [2.05, 4.69) is 12.6 Å². The van der Waals surface area contributed by atoms with Crippen LogP contribution in [0.25, 0.3) is 22.3 Å². The minimum Gasteiger partial charge on any atom is -0.282 e. The summed E-state index contributed by atoms with van der Waals surface area (Å²) in [6, 6.07) is 24.3. The number of aryl methyl sites for hydroxylation is 1. The van der Waals surface area contributed by atoms with E-state index in [1.165, 1.54) is 36.4 Å². The standard InChI is InChI=1S/C18H12F2S.C7H8O3S/c19-14-8-4-12(5-9-14)16-2-1-3-17(21)18(16)13-6-10-15(20)11-7-13;1-6-2-4-7(5-3-6)11(8,9)10/h1-11,21H;2-5H,1H3,(H,8,9,10). The lowest BCUT2D eigenvalue weighted by molar-refractivity contribution is 0.483. The van der Waals surface area contributed by atoms with Gasteiger partial charge in [-0.25, -0.2) is 8.78 Å². The molecule has 0 aliphatic heterocycles. The lowest BCUT2D eigenvalue weighted by Crippen LogP contribution is -1.96. The first-order chi connectivity index (χ1) is 15.1. The second-order valence-corrected chi connectivity index (χ2v) is 8.90. The van der Waals surface area contributed by atoms with Gasteiger partial charge in [0, 0.05) is 10.5 Å². The van der Waals surface area contributed by atoms with Crippen molar-refractivity contribution in [1.82, 2.24) is 0 Å². The lowest BCUT2D eigenvalue weighted by atomic mass is 9.94. The Kier molecular flexibility index (Phi) is 7.45. The van der Waals surface area contributed by atoms with Crippen molar-refractivity contribution in [3.8, 4) is 22.3 Å². The minimum absolute atomic E-state index is 0.0666. The highest BCUT2D eigenvalue weighted by molar-refractivity contribution is 7.85. The quantitative estimate of drug-likeness (QED) is 0.255. The molecule has 0 saturated carbocycles. The van der Waals surface area contributed by atoms with Gasteiger partial charge in [0.15, 0.2) is 0 Å². The molecule has 0 aromatic heterocycles. The molecule has 0 aliphatic carbocycles. The molecule has 4 rings (SSSR count). The Hall–Kier alpha value is -3.00. The molecule has 4 aromatic rings. The Bertz CT molecular complexity index is 1300. The summed E-state index contributed by atoms with van der Waals surface area (Å²) in [4.78, 5) is 0.728. The van der Waals surface area contributed by atoms with Crippen LogP contribution in [-0.4, -0.2) is 13.0 Å². The Morgan fingerprint density at radius 1 is 0.719 bits per heavy atom. The Balaban J connectivity index is 0.000000222.